The first-order valence-corrected chi connectivity index (χ1v) is 9.95. The predicted molar refractivity (Wildman–Crippen MR) is 114 cm³/mol. The van der Waals surface area contributed by atoms with Gasteiger partial charge in [0.1, 0.15) is 11.5 Å². The summed E-state index contributed by atoms with van der Waals surface area (Å²) < 4.78 is 13.1. The standard InChI is InChI=1S/C23H27N3O3/c1-4-21-19(15-24-26(21)16-17-10-8-7-9-11-17)23(27)25-20-14-18(28-5-2)12-13-22(20)29-6-3/h7-15H,4-6,16H2,1-3H3,(H,25,27). The van der Waals surface area contributed by atoms with E-state index in [2.05, 4.69) is 22.5 Å². The van der Waals surface area contributed by atoms with Crippen LogP contribution in [0.2, 0.25) is 0 Å². The summed E-state index contributed by atoms with van der Waals surface area (Å²) in [7, 11) is 0. The van der Waals surface area contributed by atoms with Crippen LogP contribution < -0.4 is 14.8 Å². The van der Waals surface area contributed by atoms with Gasteiger partial charge in [0.25, 0.3) is 5.91 Å². The second-order valence-electron chi connectivity index (χ2n) is 6.48. The quantitative estimate of drug-likeness (QED) is 0.579. The zero-order chi connectivity index (χ0) is 20.6. The predicted octanol–water partition coefficient (Wildman–Crippen LogP) is 4.54. The van der Waals surface area contributed by atoms with Crippen molar-refractivity contribution in [3.05, 3.63) is 71.5 Å². The normalized spacial score (nSPS) is 10.6. The van der Waals surface area contributed by atoms with Crippen LogP contribution in [-0.2, 0) is 13.0 Å². The van der Waals surface area contributed by atoms with Crippen molar-refractivity contribution in [3.63, 3.8) is 0 Å². The minimum atomic E-state index is -0.212. The Morgan fingerprint density at radius 2 is 1.79 bits per heavy atom. The van der Waals surface area contributed by atoms with Crippen molar-refractivity contribution in [1.29, 1.82) is 0 Å². The average molecular weight is 393 g/mol. The van der Waals surface area contributed by atoms with E-state index >= 15 is 0 Å². The summed E-state index contributed by atoms with van der Waals surface area (Å²) in [5, 5.41) is 7.42. The molecule has 0 fully saturated rings. The van der Waals surface area contributed by atoms with Crippen molar-refractivity contribution in [2.24, 2.45) is 0 Å². The van der Waals surface area contributed by atoms with Gasteiger partial charge in [0.2, 0.25) is 0 Å². The maximum atomic E-state index is 13.0. The lowest BCUT2D eigenvalue weighted by Crippen LogP contribution is -2.16. The Kier molecular flexibility index (Phi) is 6.89. The van der Waals surface area contributed by atoms with Gasteiger partial charge < -0.3 is 14.8 Å². The average Bonchev–Trinajstić information content (AvgIpc) is 3.13. The molecule has 0 saturated heterocycles. The van der Waals surface area contributed by atoms with Crippen molar-refractivity contribution in [2.75, 3.05) is 18.5 Å². The van der Waals surface area contributed by atoms with Crippen molar-refractivity contribution >= 4 is 11.6 Å². The largest absolute Gasteiger partial charge is 0.494 e. The molecule has 0 aliphatic carbocycles. The Labute approximate surface area is 171 Å². The lowest BCUT2D eigenvalue weighted by atomic mass is 10.1. The van der Waals surface area contributed by atoms with Gasteiger partial charge in [0, 0.05) is 6.07 Å². The second-order valence-corrected chi connectivity index (χ2v) is 6.48. The fraction of sp³-hybridized carbons (Fsp3) is 0.304. The van der Waals surface area contributed by atoms with Gasteiger partial charge in [-0.3, -0.25) is 9.48 Å². The van der Waals surface area contributed by atoms with E-state index in [0.717, 1.165) is 11.3 Å². The molecule has 1 amide bonds. The Bertz CT molecular complexity index is 951. The van der Waals surface area contributed by atoms with E-state index in [9.17, 15) is 4.79 Å². The number of nitrogens with zero attached hydrogens (tertiary/aromatic N) is 2. The Morgan fingerprint density at radius 1 is 1.03 bits per heavy atom. The van der Waals surface area contributed by atoms with Crippen LogP contribution in [-0.4, -0.2) is 28.9 Å². The first-order chi connectivity index (χ1) is 14.2. The Balaban J connectivity index is 1.84. The van der Waals surface area contributed by atoms with Gasteiger partial charge in [-0.25, -0.2) is 0 Å². The molecular formula is C23H27N3O3. The lowest BCUT2D eigenvalue weighted by molar-refractivity contribution is 0.102. The van der Waals surface area contributed by atoms with Crippen molar-refractivity contribution in [1.82, 2.24) is 9.78 Å². The van der Waals surface area contributed by atoms with Gasteiger partial charge in [0.15, 0.2) is 0 Å². The molecule has 6 heteroatoms. The minimum Gasteiger partial charge on any atom is -0.494 e. The monoisotopic (exact) mass is 393 g/mol. The smallest absolute Gasteiger partial charge is 0.259 e. The molecule has 2 aromatic carbocycles. The molecule has 0 aliphatic rings. The summed E-state index contributed by atoms with van der Waals surface area (Å²) in [5.74, 6) is 1.08. The van der Waals surface area contributed by atoms with E-state index in [1.807, 2.05) is 55.8 Å². The summed E-state index contributed by atoms with van der Waals surface area (Å²) >= 11 is 0. The molecule has 6 nitrogen and oxygen atoms in total. The lowest BCUT2D eigenvalue weighted by Gasteiger charge is -2.14. The SMILES string of the molecule is CCOc1ccc(OCC)c(NC(=O)c2cnn(Cc3ccccc3)c2CC)c1. The molecule has 3 rings (SSSR count). The number of anilines is 1. The number of ether oxygens (including phenoxy) is 2. The zero-order valence-corrected chi connectivity index (χ0v) is 17.1. The molecule has 0 radical (unpaired) electrons. The zero-order valence-electron chi connectivity index (χ0n) is 17.1. The van der Waals surface area contributed by atoms with Gasteiger partial charge >= 0.3 is 0 Å². The van der Waals surface area contributed by atoms with Crippen LogP contribution in [0.1, 0.15) is 42.4 Å². The van der Waals surface area contributed by atoms with Crippen LogP contribution in [0.4, 0.5) is 5.69 Å². The van der Waals surface area contributed by atoms with Crippen molar-refractivity contribution in [2.45, 2.75) is 33.7 Å². The number of carbonyl (C=O) groups is 1. The third-order valence-corrected chi connectivity index (χ3v) is 4.51. The molecule has 152 valence electrons. The van der Waals surface area contributed by atoms with E-state index in [1.165, 1.54) is 0 Å². The van der Waals surface area contributed by atoms with Crippen LogP contribution in [0.15, 0.2) is 54.7 Å². The number of rotatable bonds is 9. The Morgan fingerprint density at radius 3 is 2.48 bits per heavy atom. The van der Waals surface area contributed by atoms with Gasteiger partial charge in [-0.05, 0) is 38.0 Å². The van der Waals surface area contributed by atoms with E-state index in [4.69, 9.17) is 9.47 Å². The Hall–Kier alpha value is -3.28. The fourth-order valence-electron chi connectivity index (χ4n) is 3.20. The molecule has 29 heavy (non-hydrogen) atoms. The number of benzene rings is 2. The van der Waals surface area contributed by atoms with E-state index in [0.29, 0.717) is 48.9 Å². The highest BCUT2D eigenvalue weighted by Gasteiger charge is 2.18. The molecule has 0 saturated carbocycles. The van der Waals surface area contributed by atoms with Gasteiger partial charge in [-0.2, -0.15) is 5.10 Å². The van der Waals surface area contributed by atoms with Crippen molar-refractivity contribution in [3.8, 4) is 11.5 Å². The number of carbonyl (C=O) groups excluding carboxylic acids is 1. The van der Waals surface area contributed by atoms with E-state index < -0.39 is 0 Å². The van der Waals surface area contributed by atoms with Gasteiger partial charge in [-0.1, -0.05) is 37.3 Å². The molecular weight excluding hydrogens is 366 g/mol. The summed E-state index contributed by atoms with van der Waals surface area (Å²) in [6, 6.07) is 15.5. The van der Waals surface area contributed by atoms with Crippen LogP contribution in [0.3, 0.4) is 0 Å². The number of aromatic nitrogens is 2. The van der Waals surface area contributed by atoms with Crippen LogP contribution in [0.5, 0.6) is 11.5 Å². The van der Waals surface area contributed by atoms with E-state index in [-0.39, 0.29) is 5.91 Å². The van der Waals surface area contributed by atoms with Crippen LogP contribution in [0, 0.1) is 0 Å². The second kappa shape index (κ2) is 9.78. The fourth-order valence-corrected chi connectivity index (χ4v) is 3.20. The number of nitrogens with one attached hydrogen (secondary N) is 1. The highest BCUT2D eigenvalue weighted by atomic mass is 16.5. The summed E-state index contributed by atoms with van der Waals surface area (Å²) in [6.07, 6.45) is 2.33. The first-order valence-electron chi connectivity index (χ1n) is 9.95. The molecule has 0 atom stereocenters. The number of hydrogen-bond acceptors (Lipinski definition) is 4. The van der Waals surface area contributed by atoms with Gasteiger partial charge in [0.05, 0.1) is 42.9 Å². The summed E-state index contributed by atoms with van der Waals surface area (Å²) in [5.41, 5.74) is 3.18. The third kappa shape index (κ3) is 4.96. The number of hydrogen-bond donors (Lipinski definition) is 1. The van der Waals surface area contributed by atoms with Gasteiger partial charge in [-0.15, -0.1) is 0 Å². The molecule has 1 heterocycles. The molecule has 1 aromatic heterocycles. The summed E-state index contributed by atoms with van der Waals surface area (Å²) in [6.45, 7) is 7.53. The molecule has 1 N–H and O–H groups in total. The minimum absolute atomic E-state index is 0.212. The highest BCUT2D eigenvalue weighted by molar-refractivity contribution is 6.05. The molecule has 0 spiro atoms. The van der Waals surface area contributed by atoms with Crippen LogP contribution >= 0.6 is 0 Å². The molecule has 0 unspecified atom stereocenters. The maximum Gasteiger partial charge on any atom is 0.259 e. The third-order valence-electron chi connectivity index (χ3n) is 4.51. The summed E-state index contributed by atoms with van der Waals surface area (Å²) in [4.78, 5) is 13.0. The highest BCUT2D eigenvalue weighted by Crippen LogP contribution is 2.30. The molecule has 0 aliphatic heterocycles. The molecule has 0 bridgehead atoms. The first kappa shape index (κ1) is 20.5. The molecule has 3 aromatic rings. The topological polar surface area (TPSA) is 65.4 Å². The van der Waals surface area contributed by atoms with E-state index in [1.54, 1.807) is 12.3 Å². The van der Waals surface area contributed by atoms with Crippen molar-refractivity contribution < 1.29 is 14.3 Å². The van der Waals surface area contributed by atoms with Crippen LogP contribution in [0.25, 0.3) is 0 Å². The maximum absolute atomic E-state index is 13.0. The number of amides is 1.